The molecule has 1 atom stereocenters. The van der Waals surface area contributed by atoms with Crippen molar-refractivity contribution in [1.82, 2.24) is 14.0 Å². The van der Waals surface area contributed by atoms with Gasteiger partial charge in [-0.15, -0.1) is 0 Å². The van der Waals surface area contributed by atoms with E-state index in [4.69, 9.17) is 0 Å². The van der Waals surface area contributed by atoms with Gasteiger partial charge in [-0.1, -0.05) is 0 Å². The van der Waals surface area contributed by atoms with Crippen molar-refractivity contribution in [2.24, 2.45) is 13.0 Å². The zero-order chi connectivity index (χ0) is 16.4. The summed E-state index contributed by atoms with van der Waals surface area (Å²) in [6.07, 6.45) is 4.34. The molecule has 124 valence electrons. The average Bonchev–Trinajstić information content (AvgIpc) is 2.89. The molecule has 6 rings (SSSR count). The summed E-state index contributed by atoms with van der Waals surface area (Å²) in [7, 11) is 1.97. The van der Waals surface area contributed by atoms with Crippen LogP contribution in [0.15, 0.2) is 35.3 Å². The Kier molecular flexibility index (Phi) is 2.86. The smallest absolute Gasteiger partial charge is 0.260 e. The lowest BCUT2D eigenvalue weighted by molar-refractivity contribution is 0.0556. The van der Waals surface area contributed by atoms with Gasteiger partial charge in [-0.05, 0) is 56.1 Å². The minimum Gasteiger partial charge on any atom is -0.508 e. The van der Waals surface area contributed by atoms with Crippen molar-refractivity contribution in [2.45, 2.75) is 18.9 Å². The second kappa shape index (κ2) is 4.86. The first-order chi connectivity index (χ1) is 11.6. The van der Waals surface area contributed by atoms with Gasteiger partial charge < -0.3 is 19.1 Å². The molecule has 5 nitrogen and oxygen atoms in total. The van der Waals surface area contributed by atoms with E-state index >= 15 is 0 Å². The second-order valence-electron chi connectivity index (χ2n) is 7.25. The van der Waals surface area contributed by atoms with Crippen molar-refractivity contribution in [3.8, 4) is 5.75 Å². The highest BCUT2D eigenvalue weighted by molar-refractivity contribution is 6.07. The van der Waals surface area contributed by atoms with Crippen molar-refractivity contribution >= 4 is 21.8 Å². The molecular weight excluding hydrogens is 302 g/mol. The van der Waals surface area contributed by atoms with Crippen LogP contribution in [0.2, 0.25) is 0 Å². The molecule has 24 heavy (non-hydrogen) atoms. The van der Waals surface area contributed by atoms with Crippen LogP contribution >= 0.6 is 0 Å². The summed E-state index contributed by atoms with van der Waals surface area (Å²) in [5, 5.41) is 11.4. The van der Waals surface area contributed by atoms with E-state index in [1.165, 1.54) is 25.9 Å². The maximum atomic E-state index is 13.3. The minimum atomic E-state index is 0.0717. The van der Waals surface area contributed by atoms with Gasteiger partial charge >= 0.3 is 0 Å². The lowest BCUT2D eigenvalue weighted by Crippen LogP contribution is -2.49. The molecule has 0 amide bonds. The number of phenolic OH excluding ortho intramolecular Hbond substituents is 1. The van der Waals surface area contributed by atoms with Gasteiger partial charge in [-0.25, -0.2) is 0 Å². The van der Waals surface area contributed by atoms with Crippen molar-refractivity contribution in [2.75, 3.05) is 19.6 Å². The van der Waals surface area contributed by atoms with E-state index in [9.17, 15) is 9.90 Å². The summed E-state index contributed by atoms with van der Waals surface area (Å²) in [6, 6.07) is 7.58. The highest BCUT2D eigenvalue weighted by Gasteiger charge is 2.35. The molecule has 3 saturated heterocycles. The van der Waals surface area contributed by atoms with Gasteiger partial charge in [0.2, 0.25) is 0 Å². The van der Waals surface area contributed by atoms with E-state index in [1.807, 2.05) is 34.5 Å². The topological polar surface area (TPSA) is 50.4 Å². The second-order valence-corrected chi connectivity index (χ2v) is 7.25. The molecule has 2 aromatic heterocycles. The number of hydrogen-bond donors (Lipinski definition) is 1. The van der Waals surface area contributed by atoms with Gasteiger partial charge in [0.25, 0.3) is 5.56 Å². The van der Waals surface area contributed by atoms with E-state index in [2.05, 4.69) is 4.90 Å². The number of nitrogens with zero attached hydrogens (tertiary/aromatic N) is 3. The number of aromatic hydroxyl groups is 1. The fraction of sp³-hybridized carbons (Fsp3) is 0.421. The van der Waals surface area contributed by atoms with Gasteiger partial charge in [0.1, 0.15) is 5.75 Å². The molecule has 3 aromatic rings. The van der Waals surface area contributed by atoms with Gasteiger partial charge in [-0.3, -0.25) is 4.79 Å². The molecule has 0 spiro atoms. The number of hydrogen-bond acceptors (Lipinski definition) is 3. The number of aryl methyl sites for hydroxylation is 1. The quantitative estimate of drug-likeness (QED) is 0.748. The van der Waals surface area contributed by atoms with Crippen molar-refractivity contribution in [3.05, 3.63) is 40.8 Å². The number of fused-ring (bicyclic) bond motifs is 6. The molecular formula is C19H21N3O2. The van der Waals surface area contributed by atoms with Crippen LogP contribution in [0.4, 0.5) is 0 Å². The van der Waals surface area contributed by atoms with E-state index in [-0.39, 0.29) is 17.4 Å². The number of piperidine rings is 3. The van der Waals surface area contributed by atoms with E-state index < -0.39 is 0 Å². The number of phenols is 1. The normalized spacial score (nSPS) is 26.5. The predicted molar refractivity (Wildman–Crippen MR) is 94.6 cm³/mol. The summed E-state index contributed by atoms with van der Waals surface area (Å²) in [5.74, 6) is 0.807. The Hall–Kier alpha value is -2.27. The molecule has 1 N–H and O–H groups in total. The van der Waals surface area contributed by atoms with Gasteiger partial charge in [0, 0.05) is 30.7 Å². The summed E-state index contributed by atoms with van der Waals surface area (Å²) < 4.78 is 3.98. The number of benzene rings is 1. The zero-order valence-corrected chi connectivity index (χ0v) is 13.8. The van der Waals surface area contributed by atoms with Crippen molar-refractivity contribution in [3.63, 3.8) is 0 Å². The number of aromatic nitrogens is 2. The Bertz CT molecular complexity index is 1010. The third-order valence-electron chi connectivity index (χ3n) is 6.05. The van der Waals surface area contributed by atoms with Crippen LogP contribution < -0.4 is 5.56 Å². The summed E-state index contributed by atoms with van der Waals surface area (Å²) in [4.78, 5) is 15.8. The fourth-order valence-corrected chi connectivity index (χ4v) is 4.73. The van der Waals surface area contributed by atoms with E-state index in [0.29, 0.717) is 5.92 Å². The van der Waals surface area contributed by atoms with Crippen LogP contribution in [0.5, 0.6) is 5.75 Å². The van der Waals surface area contributed by atoms with Crippen molar-refractivity contribution in [1.29, 1.82) is 0 Å². The third kappa shape index (κ3) is 1.82. The standard InChI is InChI=1S/C19H21N3O2/c1-20-15-3-2-13(23)10-14(15)18-16(20)6-9-22(19(18)24)17-11-21-7-4-12(17)5-8-21/h2-3,6,9-10,12,17,23H,4-5,7-8,11H2,1H3/t17-/m0/s1. The maximum absolute atomic E-state index is 13.3. The lowest BCUT2D eigenvalue weighted by Gasteiger charge is -2.45. The first kappa shape index (κ1) is 14.1. The zero-order valence-electron chi connectivity index (χ0n) is 13.8. The van der Waals surface area contributed by atoms with Crippen LogP contribution in [0.1, 0.15) is 18.9 Å². The number of rotatable bonds is 1. The third-order valence-corrected chi connectivity index (χ3v) is 6.05. The Morgan fingerprint density at radius 1 is 1.12 bits per heavy atom. The van der Waals surface area contributed by atoms with Gasteiger partial charge in [-0.2, -0.15) is 0 Å². The Morgan fingerprint density at radius 2 is 1.92 bits per heavy atom. The monoisotopic (exact) mass is 323 g/mol. The molecule has 5 heteroatoms. The first-order valence-electron chi connectivity index (χ1n) is 8.68. The molecule has 3 aliphatic heterocycles. The molecule has 0 unspecified atom stereocenters. The summed E-state index contributed by atoms with van der Waals surface area (Å²) in [6.45, 7) is 3.31. The minimum absolute atomic E-state index is 0.0717. The molecule has 3 aliphatic rings. The predicted octanol–water partition coefficient (Wildman–Crippen LogP) is 2.47. The van der Waals surface area contributed by atoms with Crippen LogP contribution in [0.25, 0.3) is 21.8 Å². The van der Waals surface area contributed by atoms with Crippen LogP contribution in [0, 0.1) is 5.92 Å². The highest BCUT2D eigenvalue weighted by atomic mass is 16.3. The molecule has 1 aromatic carbocycles. The lowest BCUT2D eigenvalue weighted by atomic mass is 9.84. The highest BCUT2D eigenvalue weighted by Crippen LogP contribution is 2.36. The Morgan fingerprint density at radius 3 is 2.62 bits per heavy atom. The summed E-state index contributed by atoms with van der Waals surface area (Å²) in [5.41, 5.74) is 1.98. The van der Waals surface area contributed by atoms with Crippen molar-refractivity contribution < 1.29 is 5.11 Å². The van der Waals surface area contributed by atoms with E-state index in [0.717, 1.165) is 28.4 Å². The average molecular weight is 323 g/mol. The van der Waals surface area contributed by atoms with E-state index in [1.54, 1.807) is 12.1 Å². The first-order valence-corrected chi connectivity index (χ1v) is 8.68. The summed E-state index contributed by atoms with van der Waals surface area (Å²) >= 11 is 0. The molecule has 0 aliphatic carbocycles. The SMILES string of the molecule is Cn1c2ccc(O)cc2c2c(=O)n([C@H]3CN4CCC3CC4)ccc21. The molecule has 0 saturated carbocycles. The van der Waals surface area contributed by atoms with Crippen LogP contribution in [0.3, 0.4) is 0 Å². The maximum Gasteiger partial charge on any atom is 0.260 e. The number of pyridine rings is 1. The van der Waals surface area contributed by atoms with Crippen LogP contribution in [-0.2, 0) is 7.05 Å². The Labute approximate surface area is 139 Å². The largest absolute Gasteiger partial charge is 0.508 e. The van der Waals surface area contributed by atoms with Gasteiger partial charge in [0.05, 0.1) is 16.9 Å². The fourth-order valence-electron chi connectivity index (χ4n) is 4.73. The molecule has 2 bridgehead atoms. The Balaban J connectivity index is 1.77. The molecule has 0 radical (unpaired) electrons. The molecule has 5 heterocycles. The van der Waals surface area contributed by atoms with Crippen LogP contribution in [-0.4, -0.2) is 38.8 Å². The molecule has 3 fully saturated rings. The van der Waals surface area contributed by atoms with Gasteiger partial charge in [0.15, 0.2) is 0 Å².